The first kappa shape index (κ1) is 14.2. The van der Waals surface area contributed by atoms with Crippen molar-refractivity contribution in [1.29, 1.82) is 0 Å². The molecule has 2 nitrogen and oxygen atoms in total. The highest BCUT2D eigenvalue weighted by Gasteiger charge is 2.03. The van der Waals surface area contributed by atoms with Crippen LogP contribution in [-0.4, -0.2) is 12.4 Å². The van der Waals surface area contributed by atoms with Gasteiger partial charge in [-0.3, -0.25) is 0 Å². The van der Waals surface area contributed by atoms with Gasteiger partial charge < -0.3 is 10.5 Å². The van der Waals surface area contributed by atoms with Crippen LogP contribution in [0.1, 0.15) is 0 Å². The van der Waals surface area contributed by atoms with Crippen molar-refractivity contribution in [3.8, 4) is 5.75 Å². The Bertz CT molecular complexity index is 565. The minimum Gasteiger partial charge on any atom is -0.493 e. The SMILES string of the molecule is Nc1ccc(SCCOc2cccc(Br)c2)c(F)c1. The van der Waals surface area contributed by atoms with Gasteiger partial charge in [0.1, 0.15) is 11.6 Å². The molecule has 0 aliphatic rings. The molecule has 0 fully saturated rings. The zero-order valence-corrected chi connectivity index (χ0v) is 12.5. The van der Waals surface area contributed by atoms with Crippen molar-refractivity contribution in [3.63, 3.8) is 0 Å². The van der Waals surface area contributed by atoms with E-state index in [-0.39, 0.29) is 5.82 Å². The van der Waals surface area contributed by atoms with Crippen molar-refractivity contribution >= 4 is 33.4 Å². The van der Waals surface area contributed by atoms with Gasteiger partial charge in [0.25, 0.3) is 0 Å². The van der Waals surface area contributed by atoms with Crippen molar-refractivity contribution < 1.29 is 9.13 Å². The number of ether oxygens (including phenoxy) is 1. The quantitative estimate of drug-likeness (QED) is 0.499. The van der Waals surface area contributed by atoms with Crippen LogP contribution in [-0.2, 0) is 0 Å². The maximum Gasteiger partial charge on any atom is 0.138 e. The van der Waals surface area contributed by atoms with Crippen molar-refractivity contribution in [2.45, 2.75) is 4.90 Å². The molecule has 2 rings (SSSR count). The van der Waals surface area contributed by atoms with E-state index in [4.69, 9.17) is 10.5 Å². The second-order valence-electron chi connectivity index (χ2n) is 3.84. The number of halogens is 2. The van der Waals surface area contributed by atoms with E-state index in [1.165, 1.54) is 17.8 Å². The summed E-state index contributed by atoms with van der Waals surface area (Å²) < 4.78 is 20.1. The Morgan fingerprint density at radius 3 is 2.79 bits per heavy atom. The third-order valence-electron chi connectivity index (χ3n) is 2.36. The summed E-state index contributed by atoms with van der Waals surface area (Å²) in [6, 6.07) is 12.3. The maximum atomic E-state index is 13.5. The van der Waals surface area contributed by atoms with Crippen LogP contribution < -0.4 is 10.5 Å². The van der Waals surface area contributed by atoms with E-state index in [1.54, 1.807) is 12.1 Å². The number of hydrogen-bond acceptors (Lipinski definition) is 3. The largest absolute Gasteiger partial charge is 0.493 e. The van der Waals surface area contributed by atoms with Crippen LogP contribution in [0.4, 0.5) is 10.1 Å². The first-order chi connectivity index (χ1) is 9.15. The molecule has 0 aromatic heterocycles. The van der Waals surface area contributed by atoms with Crippen molar-refractivity contribution in [2.75, 3.05) is 18.1 Å². The molecular weight excluding hydrogens is 329 g/mol. The fraction of sp³-hybridized carbons (Fsp3) is 0.143. The van der Waals surface area contributed by atoms with Gasteiger partial charge in [-0.2, -0.15) is 0 Å². The summed E-state index contributed by atoms with van der Waals surface area (Å²) in [5.41, 5.74) is 5.93. The van der Waals surface area contributed by atoms with E-state index >= 15 is 0 Å². The Hall–Kier alpha value is -1.20. The summed E-state index contributed by atoms with van der Waals surface area (Å²) in [6.07, 6.45) is 0. The minimum absolute atomic E-state index is 0.285. The molecule has 0 bridgehead atoms. The van der Waals surface area contributed by atoms with E-state index in [1.807, 2.05) is 24.3 Å². The Labute approximate surface area is 124 Å². The lowest BCUT2D eigenvalue weighted by Crippen LogP contribution is -2.00. The molecule has 0 saturated carbocycles. The summed E-state index contributed by atoms with van der Waals surface area (Å²) in [4.78, 5) is 0.590. The molecule has 0 heterocycles. The number of benzene rings is 2. The molecule has 100 valence electrons. The predicted octanol–water partition coefficient (Wildman–Crippen LogP) is 4.34. The zero-order valence-electron chi connectivity index (χ0n) is 10.1. The van der Waals surface area contributed by atoms with Crippen molar-refractivity contribution in [3.05, 3.63) is 52.8 Å². The lowest BCUT2D eigenvalue weighted by Gasteiger charge is -2.07. The summed E-state index contributed by atoms with van der Waals surface area (Å²) >= 11 is 4.79. The van der Waals surface area contributed by atoms with Gasteiger partial charge in [0.2, 0.25) is 0 Å². The van der Waals surface area contributed by atoms with Crippen LogP contribution in [0.2, 0.25) is 0 Å². The molecule has 0 aliphatic heterocycles. The van der Waals surface area contributed by atoms with Gasteiger partial charge in [0.05, 0.1) is 6.61 Å². The highest BCUT2D eigenvalue weighted by atomic mass is 79.9. The third-order valence-corrected chi connectivity index (χ3v) is 3.87. The normalized spacial score (nSPS) is 10.4. The number of thioether (sulfide) groups is 1. The Balaban J connectivity index is 1.81. The second-order valence-corrected chi connectivity index (χ2v) is 5.90. The van der Waals surface area contributed by atoms with E-state index in [9.17, 15) is 4.39 Å². The van der Waals surface area contributed by atoms with Crippen molar-refractivity contribution in [1.82, 2.24) is 0 Å². The molecule has 5 heteroatoms. The third kappa shape index (κ3) is 4.44. The fourth-order valence-corrected chi connectivity index (χ4v) is 2.63. The van der Waals surface area contributed by atoms with Crippen LogP contribution >= 0.6 is 27.7 Å². The highest BCUT2D eigenvalue weighted by molar-refractivity contribution is 9.10. The second kappa shape index (κ2) is 6.82. The van der Waals surface area contributed by atoms with E-state index in [2.05, 4.69) is 15.9 Å². The summed E-state index contributed by atoms with van der Waals surface area (Å²) in [6.45, 7) is 0.519. The highest BCUT2D eigenvalue weighted by Crippen LogP contribution is 2.24. The Morgan fingerprint density at radius 2 is 2.05 bits per heavy atom. The number of anilines is 1. The molecule has 2 aromatic rings. The average Bonchev–Trinajstić information content (AvgIpc) is 2.37. The fourth-order valence-electron chi connectivity index (χ4n) is 1.50. The lowest BCUT2D eigenvalue weighted by molar-refractivity contribution is 0.343. The summed E-state index contributed by atoms with van der Waals surface area (Å²) in [5, 5.41) is 0. The van der Waals surface area contributed by atoms with Gasteiger partial charge in [-0.05, 0) is 36.4 Å². The van der Waals surface area contributed by atoms with E-state index in [0.717, 1.165) is 10.2 Å². The van der Waals surface area contributed by atoms with Gasteiger partial charge in [-0.1, -0.05) is 22.0 Å². The standard InChI is InChI=1S/C14H13BrFNOS/c15-10-2-1-3-12(8-10)18-6-7-19-14-5-4-11(17)9-13(14)16/h1-5,8-9H,6-7,17H2. The van der Waals surface area contributed by atoms with Crippen LogP contribution in [0, 0.1) is 5.82 Å². The smallest absolute Gasteiger partial charge is 0.138 e. The lowest BCUT2D eigenvalue weighted by atomic mass is 10.3. The first-order valence-electron chi connectivity index (χ1n) is 5.71. The molecule has 2 N–H and O–H groups in total. The van der Waals surface area contributed by atoms with Gasteiger partial charge >= 0.3 is 0 Å². The van der Waals surface area contributed by atoms with Gasteiger partial charge in [-0.25, -0.2) is 4.39 Å². The minimum atomic E-state index is -0.285. The molecule has 0 aliphatic carbocycles. The summed E-state index contributed by atoms with van der Waals surface area (Å²) in [7, 11) is 0. The molecule has 0 spiro atoms. The molecule has 0 saturated heterocycles. The maximum absolute atomic E-state index is 13.5. The molecule has 19 heavy (non-hydrogen) atoms. The van der Waals surface area contributed by atoms with Crippen LogP contribution in [0.5, 0.6) is 5.75 Å². The molecule has 0 atom stereocenters. The number of nitrogen functional groups attached to an aromatic ring is 1. The van der Waals surface area contributed by atoms with Crippen molar-refractivity contribution in [2.24, 2.45) is 0 Å². The predicted molar refractivity (Wildman–Crippen MR) is 81.2 cm³/mol. The van der Waals surface area contributed by atoms with E-state index in [0.29, 0.717) is 22.9 Å². The van der Waals surface area contributed by atoms with Gasteiger partial charge in [0.15, 0.2) is 0 Å². The Kier molecular flexibility index (Phi) is 5.10. The zero-order chi connectivity index (χ0) is 13.7. The topological polar surface area (TPSA) is 35.2 Å². The first-order valence-corrected chi connectivity index (χ1v) is 7.49. The number of nitrogens with two attached hydrogens (primary N) is 1. The van der Waals surface area contributed by atoms with Crippen LogP contribution in [0.15, 0.2) is 51.8 Å². The van der Waals surface area contributed by atoms with Crippen LogP contribution in [0.3, 0.4) is 0 Å². The average molecular weight is 342 g/mol. The molecule has 2 aromatic carbocycles. The number of hydrogen-bond donors (Lipinski definition) is 1. The van der Waals surface area contributed by atoms with E-state index < -0.39 is 0 Å². The Morgan fingerprint density at radius 1 is 1.21 bits per heavy atom. The summed E-state index contributed by atoms with van der Waals surface area (Å²) in [5.74, 6) is 1.19. The molecule has 0 radical (unpaired) electrons. The van der Waals surface area contributed by atoms with Gasteiger partial charge in [-0.15, -0.1) is 11.8 Å². The van der Waals surface area contributed by atoms with Crippen LogP contribution in [0.25, 0.3) is 0 Å². The molecular formula is C14H13BrFNOS. The molecule has 0 amide bonds. The molecule has 0 unspecified atom stereocenters. The van der Waals surface area contributed by atoms with Gasteiger partial charge in [0, 0.05) is 20.8 Å². The number of rotatable bonds is 5. The monoisotopic (exact) mass is 341 g/mol.